The fraction of sp³-hybridized carbons (Fsp3) is 0.125. The van der Waals surface area contributed by atoms with Crippen LogP contribution in [0.1, 0.15) is 27.0 Å². The van der Waals surface area contributed by atoms with Crippen molar-refractivity contribution in [2.75, 3.05) is 0 Å². The van der Waals surface area contributed by atoms with Crippen LogP contribution < -0.4 is 0 Å². The monoisotopic (exact) mass is 253 g/mol. The van der Waals surface area contributed by atoms with E-state index >= 15 is 0 Å². The van der Waals surface area contributed by atoms with E-state index in [1.54, 1.807) is 30.5 Å². The molecule has 0 fully saturated rings. The van der Waals surface area contributed by atoms with Gasteiger partial charge >= 0.3 is 5.97 Å². The summed E-state index contributed by atoms with van der Waals surface area (Å²) in [5.74, 6) is -0.919. The third kappa shape index (κ3) is 3.07. The van der Waals surface area contributed by atoms with Crippen molar-refractivity contribution in [2.24, 2.45) is 4.99 Å². The van der Waals surface area contributed by atoms with Gasteiger partial charge in [0.05, 0.1) is 11.3 Å². The molecule has 0 amide bonds. The zero-order chi connectivity index (χ0) is 13.8. The topological polar surface area (TPSA) is 49.7 Å². The van der Waals surface area contributed by atoms with E-state index in [-0.39, 0.29) is 5.56 Å². The van der Waals surface area contributed by atoms with Crippen molar-refractivity contribution in [2.45, 2.75) is 13.8 Å². The number of aliphatic imine (C=N–C) groups is 1. The first-order valence-corrected chi connectivity index (χ1v) is 6.01. The molecule has 0 heterocycles. The van der Waals surface area contributed by atoms with Crippen molar-refractivity contribution in [1.82, 2.24) is 0 Å². The molecule has 3 heteroatoms. The van der Waals surface area contributed by atoms with E-state index in [1.807, 2.05) is 19.1 Å². The van der Waals surface area contributed by atoms with Gasteiger partial charge in [-0.3, -0.25) is 4.99 Å². The maximum absolute atomic E-state index is 10.7. The van der Waals surface area contributed by atoms with Crippen LogP contribution in [0, 0.1) is 13.8 Å². The molecule has 0 radical (unpaired) electrons. The van der Waals surface area contributed by atoms with Crippen LogP contribution in [-0.2, 0) is 0 Å². The zero-order valence-electron chi connectivity index (χ0n) is 10.9. The van der Waals surface area contributed by atoms with Crippen LogP contribution in [0.15, 0.2) is 47.5 Å². The van der Waals surface area contributed by atoms with Crippen molar-refractivity contribution in [3.63, 3.8) is 0 Å². The van der Waals surface area contributed by atoms with Gasteiger partial charge in [0.25, 0.3) is 0 Å². The van der Waals surface area contributed by atoms with Crippen molar-refractivity contribution in [1.29, 1.82) is 0 Å². The van der Waals surface area contributed by atoms with E-state index in [0.717, 1.165) is 16.8 Å². The molecule has 0 saturated carbocycles. The van der Waals surface area contributed by atoms with Crippen LogP contribution in [0.2, 0.25) is 0 Å². The van der Waals surface area contributed by atoms with Gasteiger partial charge in [0.1, 0.15) is 0 Å². The molecule has 0 aliphatic carbocycles. The van der Waals surface area contributed by atoms with Crippen LogP contribution in [0.4, 0.5) is 5.69 Å². The third-order valence-electron chi connectivity index (χ3n) is 3.09. The molecular weight excluding hydrogens is 238 g/mol. The molecule has 0 spiro atoms. The van der Waals surface area contributed by atoms with E-state index in [2.05, 4.69) is 18.0 Å². The summed E-state index contributed by atoms with van der Waals surface area (Å²) in [4.78, 5) is 15.2. The van der Waals surface area contributed by atoms with E-state index in [4.69, 9.17) is 5.11 Å². The smallest absolute Gasteiger partial charge is 0.335 e. The highest BCUT2D eigenvalue weighted by Gasteiger charge is 2.01. The minimum Gasteiger partial charge on any atom is -0.478 e. The molecule has 0 aliphatic heterocycles. The van der Waals surface area contributed by atoms with Crippen molar-refractivity contribution < 1.29 is 9.90 Å². The SMILES string of the molecule is Cc1cccc(N=Cc2ccc(C(=O)O)cc2)c1C. The first-order valence-electron chi connectivity index (χ1n) is 6.01. The Morgan fingerprint density at radius 3 is 2.42 bits per heavy atom. The highest BCUT2D eigenvalue weighted by Crippen LogP contribution is 2.21. The molecule has 96 valence electrons. The molecule has 0 unspecified atom stereocenters. The highest BCUT2D eigenvalue weighted by atomic mass is 16.4. The summed E-state index contributed by atoms with van der Waals surface area (Å²) in [5.41, 5.74) is 4.45. The number of aryl methyl sites for hydroxylation is 1. The van der Waals surface area contributed by atoms with Gasteiger partial charge in [0.15, 0.2) is 0 Å². The fourth-order valence-electron chi connectivity index (χ4n) is 1.73. The van der Waals surface area contributed by atoms with Crippen LogP contribution in [0.3, 0.4) is 0 Å². The minimum absolute atomic E-state index is 0.281. The molecule has 0 aliphatic rings. The lowest BCUT2D eigenvalue weighted by atomic mass is 10.1. The second-order valence-corrected chi connectivity index (χ2v) is 4.40. The number of hydrogen-bond donors (Lipinski definition) is 1. The number of hydrogen-bond acceptors (Lipinski definition) is 2. The molecule has 2 aromatic rings. The molecule has 1 N–H and O–H groups in total. The fourth-order valence-corrected chi connectivity index (χ4v) is 1.73. The number of nitrogens with zero attached hydrogens (tertiary/aromatic N) is 1. The molecule has 0 bridgehead atoms. The number of carboxylic acids is 1. The van der Waals surface area contributed by atoms with E-state index in [9.17, 15) is 4.79 Å². The first-order chi connectivity index (χ1) is 9.08. The summed E-state index contributed by atoms with van der Waals surface area (Å²) < 4.78 is 0. The van der Waals surface area contributed by atoms with Gasteiger partial charge in [-0.1, -0.05) is 24.3 Å². The Hall–Kier alpha value is -2.42. The quantitative estimate of drug-likeness (QED) is 0.847. The Labute approximate surface area is 112 Å². The number of carboxylic acid groups (broad SMARTS) is 1. The molecule has 0 aromatic heterocycles. The van der Waals surface area contributed by atoms with Gasteiger partial charge < -0.3 is 5.11 Å². The summed E-state index contributed by atoms with van der Waals surface area (Å²) in [6.45, 7) is 4.09. The molecule has 2 aromatic carbocycles. The Morgan fingerprint density at radius 1 is 1.11 bits per heavy atom. The lowest BCUT2D eigenvalue weighted by Crippen LogP contribution is -1.95. The highest BCUT2D eigenvalue weighted by molar-refractivity contribution is 5.89. The Kier molecular flexibility index (Phi) is 3.76. The largest absolute Gasteiger partial charge is 0.478 e. The lowest BCUT2D eigenvalue weighted by Gasteiger charge is -2.03. The third-order valence-corrected chi connectivity index (χ3v) is 3.09. The Morgan fingerprint density at radius 2 is 1.79 bits per heavy atom. The van der Waals surface area contributed by atoms with Crippen LogP contribution in [0.25, 0.3) is 0 Å². The first kappa shape index (κ1) is 13.0. The van der Waals surface area contributed by atoms with Gasteiger partial charge in [0, 0.05) is 6.21 Å². The number of carbonyl (C=O) groups is 1. The second kappa shape index (κ2) is 5.48. The summed E-state index contributed by atoms with van der Waals surface area (Å²) in [5, 5.41) is 8.82. The van der Waals surface area contributed by atoms with E-state index < -0.39 is 5.97 Å². The molecule has 2 rings (SSSR count). The number of aromatic carboxylic acids is 1. The molecule has 0 atom stereocenters. The summed E-state index contributed by atoms with van der Waals surface area (Å²) in [6, 6.07) is 12.6. The van der Waals surface area contributed by atoms with Gasteiger partial charge in [-0.15, -0.1) is 0 Å². The standard InChI is InChI=1S/C16H15NO2/c1-11-4-3-5-15(12(11)2)17-10-13-6-8-14(9-7-13)16(18)19/h3-10H,1-2H3,(H,18,19). The maximum Gasteiger partial charge on any atom is 0.335 e. The number of benzene rings is 2. The van der Waals surface area contributed by atoms with Crippen molar-refractivity contribution in [3.8, 4) is 0 Å². The normalized spacial score (nSPS) is 10.8. The average Bonchev–Trinajstić information content (AvgIpc) is 2.41. The summed E-state index contributed by atoms with van der Waals surface area (Å²) in [6.07, 6.45) is 1.74. The van der Waals surface area contributed by atoms with Crippen LogP contribution in [-0.4, -0.2) is 17.3 Å². The average molecular weight is 253 g/mol. The zero-order valence-corrected chi connectivity index (χ0v) is 10.9. The van der Waals surface area contributed by atoms with E-state index in [1.165, 1.54) is 5.56 Å². The Balaban J connectivity index is 2.23. The van der Waals surface area contributed by atoms with Crippen molar-refractivity contribution >= 4 is 17.9 Å². The van der Waals surface area contributed by atoms with Gasteiger partial charge in [-0.2, -0.15) is 0 Å². The predicted molar refractivity (Wildman–Crippen MR) is 76.6 cm³/mol. The summed E-state index contributed by atoms with van der Waals surface area (Å²) >= 11 is 0. The molecule has 19 heavy (non-hydrogen) atoms. The van der Waals surface area contributed by atoms with Crippen LogP contribution in [0.5, 0.6) is 0 Å². The van der Waals surface area contributed by atoms with Gasteiger partial charge in [-0.25, -0.2) is 4.79 Å². The van der Waals surface area contributed by atoms with Gasteiger partial charge in [0.2, 0.25) is 0 Å². The second-order valence-electron chi connectivity index (χ2n) is 4.40. The maximum atomic E-state index is 10.7. The number of rotatable bonds is 3. The molecular formula is C16H15NO2. The van der Waals surface area contributed by atoms with Gasteiger partial charge in [-0.05, 0) is 48.7 Å². The Bertz CT molecular complexity index is 628. The summed E-state index contributed by atoms with van der Waals surface area (Å²) in [7, 11) is 0. The molecule has 0 saturated heterocycles. The van der Waals surface area contributed by atoms with Crippen LogP contribution >= 0.6 is 0 Å². The lowest BCUT2D eigenvalue weighted by molar-refractivity contribution is 0.0697. The minimum atomic E-state index is -0.919. The van der Waals surface area contributed by atoms with Crippen molar-refractivity contribution in [3.05, 3.63) is 64.7 Å². The molecule has 3 nitrogen and oxygen atoms in total. The predicted octanol–water partition coefficient (Wildman–Crippen LogP) is 3.75. The van der Waals surface area contributed by atoms with E-state index in [0.29, 0.717) is 0 Å².